The SMILES string of the molecule is CN(c1nccs1)C1CCCNC1.Cl. The Bertz CT molecular complexity index is 247. The third kappa shape index (κ3) is 2.59. The molecule has 0 amide bonds. The van der Waals surface area contributed by atoms with Crippen LogP contribution < -0.4 is 10.2 Å². The van der Waals surface area contributed by atoms with Gasteiger partial charge in [0.25, 0.3) is 0 Å². The van der Waals surface area contributed by atoms with E-state index < -0.39 is 0 Å². The quantitative estimate of drug-likeness (QED) is 0.844. The van der Waals surface area contributed by atoms with E-state index in [4.69, 9.17) is 0 Å². The molecule has 2 rings (SSSR count). The van der Waals surface area contributed by atoms with Crippen LogP contribution in [0.4, 0.5) is 5.13 Å². The number of piperidine rings is 1. The maximum atomic E-state index is 4.31. The Hall–Kier alpha value is -0.320. The van der Waals surface area contributed by atoms with E-state index in [-0.39, 0.29) is 12.4 Å². The van der Waals surface area contributed by atoms with Gasteiger partial charge in [-0.2, -0.15) is 0 Å². The van der Waals surface area contributed by atoms with Crippen LogP contribution in [0, 0.1) is 0 Å². The first-order valence-corrected chi connectivity index (χ1v) is 5.59. The van der Waals surface area contributed by atoms with Gasteiger partial charge in [0.15, 0.2) is 5.13 Å². The van der Waals surface area contributed by atoms with Crippen LogP contribution >= 0.6 is 23.7 Å². The summed E-state index contributed by atoms with van der Waals surface area (Å²) in [6.07, 6.45) is 4.43. The van der Waals surface area contributed by atoms with E-state index in [1.54, 1.807) is 11.3 Å². The van der Waals surface area contributed by atoms with Crippen LogP contribution in [0.5, 0.6) is 0 Å². The molecule has 1 aliphatic heterocycles. The van der Waals surface area contributed by atoms with Crippen LogP contribution in [-0.2, 0) is 0 Å². The molecule has 1 saturated heterocycles. The molecule has 1 aromatic heterocycles. The molecule has 80 valence electrons. The first-order valence-electron chi connectivity index (χ1n) is 4.71. The van der Waals surface area contributed by atoms with Crippen LogP contribution in [0.2, 0.25) is 0 Å². The van der Waals surface area contributed by atoms with Gasteiger partial charge in [-0.3, -0.25) is 0 Å². The van der Waals surface area contributed by atoms with Crippen LogP contribution in [0.25, 0.3) is 0 Å². The topological polar surface area (TPSA) is 28.2 Å². The molecule has 0 aliphatic carbocycles. The Morgan fingerprint density at radius 3 is 3.07 bits per heavy atom. The molecule has 1 fully saturated rings. The van der Waals surface area contributed by atoms with Crippen molar-refractivity contribution in [3.63, 3.8) is 0 Å². The minimum atomic E-state index is 0. The van der Waals surface area contributed by atoms with Crippen molar-refractivity contribution in [2.75, 3.05) is 25.0 Å². The number of hydrogen-bond acceptors (Lipinski definition) is 4. The van der Waals surface area contributed by atoms with Crippen molar-refractivity contribution in [3.05, 3.63) is 11.6 Å². The number of hydrogen-bond donors (Lipinski definition) is 1. The van der Waals surface area contributed by atoms with Gasteiger partial charge in [-0.25, -0.2) is 4.98 Å². The number of thiazole rings is 1. The van der Waals surface area contributed by atoms with E-state index in [9.17, 15) is 0 Å². The van der Waals surface area contributed by atoms with Crippen molar-refractivity contribution in [2.24, 2.45) is 0 Å². The smallest absolute Gasteiger partial charge is 0.185 e. The standard InChI is InChI=1S/C9H15N3S.ClH/c1-12(9-11-5-6-13-9)8-3-2-4-10-7-8;/h5-6,8,10H,2-4,7H2,1H3;1H. The highest BCUT2D eigenvalue weighted by molar-refractivity contribution is 7.13. The second-order valence-electron chi connectivity index (χ2n) is 3.43. The van der Waals surface area contributed by atoms with E-state index in [1.165, 1.54) is 19.4 Å². The van der Waals surface area contributed by atoms with Gasteiger partial charge in [0.2, 0.25) is 0 Å². The lowest BCUT2D eigenvalue weighted by Gasteiger charge is -2.31. The van der Waals surface area contributed by atoms with Crippen molar-refractivity contribution >= 4 is 28.9 Å². The summed E-state index contributed by atoms with van der Waals surface area (Å²) in [5.74, 6) is 0. The number of likely N-dealkylation sites (N-methyl/N-ethyl adjacent to an activating group) is 1. The summed E-state index contributed by atoms with van der Waals surface area (Å²) in [4.78, 5) is 6.60. The molecule has 1 atom stereocenters. The van der Waals surface area contributed by atoms with Crippen molar-refractivity contribution in [1.82, 2.24) is 10.3 Å². The fraction of sp³-hybridized carbons (Fsp3) is 0.667. The van der Waals surface area contributed by atoms with Gasteiger partial charge in [0, 0.05) is 31.2 Å². The molecule has 0 aromatic carbocycles. The number of aromatic nitrogens is 1. The summed E-state index contributed by atoms with van der Waals surface area (Å²) in [6, 6.07) is 0.625. The molecular formula is C9H16ClN3S. The molecule has 1 unspecified atom stereocenters. The number of rotatable bonds is 2. The molecule has 2 heterocycles. The summed E-state index contributed by atoms with van der Waals surface area (Å²) < 4.78 is 0. The zero-order valence-electron chi connectivity index (χ0n) is 8.27. The normalized spacial score (nSPS) is 21.4. The zero-order valence-corrected chi connectivity index (χ0v) is 9.90. The third-order valence-electron chi connectivity index (χ3n) is 2.54. The van der Waals surface area contributed by atoms with Gasteiger partial charge < -0.3 is 10.2 Å². The Morgan fingerprint density at radius 2 is 2.50 bits per heavy atom. The molecule has 5 heteroatoms. The third-order valence-corrected chi connectivity index (χ3v) is 3.40. The van der Waals surface area contributed by atoms with Gasteiger partial charge >= 0.3 is 0 Å². The average Bonchev–Trinajstić information content (AvgIpc) is 2.71. The van der Waals surface area contributed by atoms with Gasteiger partial charge in [0.05, 0.1) is 0 Å². The highest BCUT2D eigenvalue weighted by Gasteiger charge is 2.18. The second kappa shape index (κ2) is 5.53. The molecule has 0 saturated carbocycles. The highest BCUT2D eigenvalue weighted by atomic mass is 35.5. The molecule has 3 nitrogen and oxygen atoms in total. The Kier molecular flexibility index (Phi) is 4.65. The number of halogens is 1. The average molecular weight is 234 g/mol. The number of anilines is 1. The van der Waals surface area contributed by atoms with E-state index in [0.717, 1.165) is 11.7 Å². The Labute approximate surface area is 94.9 Å². The molecule has 1 N–H and O–H groups in total. The van der Waals surface area contributed by atoms with Gasteiger partial charge in [-0.05, 0) is 19.4 Å². The zero-order chi connectivity index (χ0) is 9.10. The molecule has 0 bridgehead atoms. The van der Waals surface area contributed by atoms with Crippen LogP contribution in [0.15, 0.2) is 11.6 Å². The molecule has 1 aromatic rings. The highest BCUT2D eigenvalue weighted by Crippen LogP contribution is 2.20. The second-order valence-corrected chi connectivity index (χ2v) is 4.30. The van der Waals surface area contributed by atoms with Crippen molar-refractivity contribution in [1.29, 1.82) is 0 Å². The first kappa shape index (κ1) is 11.8. The molecule has 0 radical (unpaired) electrons. The van der Waals surface area contributed by atoms with E-state index in [1.807, 2.05) is 11.6 Å². The van der Waals surface area contributed by atoms with E-state index in [0.29, 0.717) is 6.04 Å². The lowest BCUT2D eigenvalue weighted by molar-refractivity contribution is 0.445. The fourth-order valence-electron chi connectivity index (χ4n) is 1.71. The lowest BCUT2D eigenvalue weighted by atomic mass is 10.1. The largest absolute Gasteiger partial charge is 0.347 e. The Morgan fingerprint density at radius 1 is 1.64 bits per heavy atom. The van der Waals surface area contributed by atoms with Crippen LogP contribution in [0.1, 0.15) is 12.8 Å². The van der Waals surface area contributed by atoms with E-state index >= 15 is 0 Å². The summed E-state index contributed by atoms with van der Waals surface area (Å²) in [5.41, 5.74) is 0. The van der Waals surface area contributed by atoms with Crippen LogP contribution in [0.3, 0.4) is 0 Å². The minimum absolute atomic E-state index is 0. The van der Waals surface area contributed by atoms with Gasteiger partial charge in [-0.1, -0.05) is 0 Å². The molecule has 1 aliphatic rings. The first-order chi connectivity index (χ1) is 6.38. The molecule has 14 heavy (non-hydrogen) atoms. The van der Waals surface area contributed by atoms with Gasteiger partial charge in [0.1, 0.15) is 0 Å². The van der Waals surface area contributed by atoms with E-state index in [2.05, 4.69) is 22.2 Å². The maximum Gasteiger partial charge on any atom is 0.185 e. The van der Waals surface area contributed by atoms with Crippen molar-refractivity contribution in [2.45, 2.75) is 18.9 Å². The van der Waals surface area contributed by atoms with Crippen molar-refractivity contribution in [3.8, 4) is 0 Å². The monoisotopic (exact) mass is 233 g/mol. The lowest BCUT2D eigenvalue weighted by Crippen LogP contribution is -2.44. The molecule has 0 spiro atoms. The van der Waals surface area contributed by atoms with Crippen molar-refractivity contribution < 1.29 is 0 Å². The Balaban J connectivity index is 0.000000980. The van der Waals surface area contributed by atoms with Crippen LogP contribution in [-0.4, -0.2) is 31.2 Å². The fourth-order valence-corrected chi connectivity index (χ4v) is 2.39. The number of nitrogens with zero attached hydrogens (tertiary/aromatic N) is 2. The summed E-state index contributed by atoms with van der Waals surface area (Å²) >= 11 is 1.71. The summed E-state index contributed by atoms with van der Waals surface area (Å²) in [6.45, 7) is 2.26. The predicted octanol–water partition coefficient (Wildman–Crippen LogP) is 1.75. The minimum Gasteiger partial charge on any atom is -0.347 e. The maximum absolute atomic E-state index is 4.31. The predicted molar refractivity (Wildman–Crippen MR) is 63.7 cm³/mol. The molecular weight excluding hydrogens is 218 g/mol. The van der Waals surface area contributed by atoms with Gasteiger partial charge in [-0.15, -0.1) is 23.7 Å². The summed E-state index contributed by atoms with van der Waals surface area (Å²) in [5, 5.41) is 6.58. The number of nitrogens with one attached hydrogen (secondary N) is 1. The summed E-state index contributed by atoms with van der Waals surface area (Å²) in [7, 11) is 2.14.